The molecule has 0 unspecified atom stereocenters. The van der Waals surface area contributed by atoms with E-state index in [1.54, 1.807) is 19.1 Å². The van der Waals surface area contributed by atoms with Crippen LogP contribution in [-0.2, 0) is 14.8 Å². The van der Waals surface area contributed by atoms with Crippen LogP contribution in [0, 0.1) is 19.7 Å². The maximum Gasteiger partial charge on any atom is 0.329 e. The molecule has 180 valence electrons. The maximum atomic E-state index is 13.3. The Morgan fingerprint density at radius 2 is 1.66 bits per heavy atom. The Bertz CT molecular complexity index is 1580. The molecule has 1 atom stereocenters. The molecule has 0 bridgehead atoms. The fourth-order valence-corrected chi connectivity index (χ4v) is 4.76. The summed E-state index contributed by atoms with van der Waals surface area (Å²) in [5, 5.41) is 0.253. The molecule has 0 amide bonds. The fourth-order valence-electron chi connectivity index (χ4n) is 3.57. The number of esters is 1. The zero-order valence-electron chi connectivity index (χ0n) is 19.2. The van der Waals surface area contributed by atoms with E-state index >= 15 is 0 Å². The average Bonchev–Trinajstić information content (AvgIpc) is 2.80. The van der Waals surface area contributed by atoms with Crippen molar-refractivity contribution >= 4 is 27.0 Å². The van der Waals surface area contributed by atoms with E-state index in [2.05, 4.69) is 4.72 Å². The molecule has 0 fully saturated rings. The molecule has 0 saturated heterocycles. The van der Waals surface area contributed by atoms with Crippen molar-refractivity contribution in [3.8, 4) is 16.9 Å². The van der Waals surface area contributed by atoms with E-state index in [1.165, 1.54) is 61.5 Å². The Kier molecular flexibility index (Phi) is 6.56. The molecule has 7 nitrogen and oxygen atoms in total. The number of hydrogen-bond donors (Lipinski definition) is 1. The van der Waals surface area contributed by atoms with Gasteiger partial charge in [0.15, 0.2) is 0 Å². The highest BCUT2D eigenvalue weighted by molar-refractivity contribution is 7.89. The van der Waals surface area contributed by atoms with Crippen LogP contribution in [0.5, 0.6) is 5.75 Å². The standard InChI is InChI=1S/C26H22FNO6S/c1-15-4-11-21(12-5-15)35(31,32)28-16(2)26(30)34-20-10-13-22-23(14-20)33-17(3)24(25(22)29)18-6-8-19(27)9-7-18/h4-14,16,28H,1-3H3/t16-/m0/s1. The molecular weight excluding hydrogens is 473 g/mol. The van der Waals surface area contributed by atoms with Gasteiger partial charge in [-0.15, -0.1) is 0 Å². The fraction of sp³-hybridized carbons (Fsp3) is 0.154. The van der Waals surface area contributed by atoms with E-state index in [0.29, 0.717) is 16.9 Å². The summed E-state index contributed by atoms with van der Waals surface area (Å²) in [6.07, 6.45) is 0. The Morgan fingerprint density at radius 1 is 1.00 bits per heavy atom. The lowest BCUT2D eigenvalue weighted by Gasteiger charge is -2.14. The predicted molar refractivity (Wildman–Crippen MR) is 129 cm³/mol. The van der Waals surface area contributed by atoms with Gasteiger partial charge in [-0.25, -0.2) is 17.6 Å². The Morgan fingerprint density at radius 3 is 2.31 bits per heavy atom. The van der Waals surface area contributed by atoms with Crippen molar-refractivity contribution in [3.05, 3.63) is 94.1 Å². The summed E-state index contributed by atoms with van der Waals surface area (Å²) in [5.74, 6) is -0.849. The summed E-state index contributed by atoms with van der Waals surface area (Å²) in [7, 11) is -3.93. The van der Waals surface area contributed by atoms with E-state index < -0.39 is 27.9 Å². The summed E-state index contributed by atoms with van der Waals surface area (Å²) in [6.45, 7) is 4.81. The third-order valence-electron chi connectivity index (χ3n) is 5.41. The highest BCUT2D eigenvalue weighted by atomic mass is 32.2. The minimum absolute atomic E-state index is 0.0302. The van der Waals surface area contributed by atoms with Crippen LogP contribution in [0.4, 0.5) is 4.39 Å². The largest absolute Gasteiger partial charge is 0.460 e. The maximum absolute atomic E-state index is 13.3. The molecule has 35 heavy (non-hydrogen) atoms. The number of fused-ring (bicyclic) bond motifs is 1. The van der Waals surface area contributed by atoms with Gasteiger partial charge < -0.3 is 9.15 Å². The first-order chi connectivity index (χ1) is 16.5. The zero-order valence-corrected chi connectivity index (χ0v) is 20.0. The van der Waals surface area contributed by atoms with Gasteiger partial charge in [0.05, 0.1) is 15.8 Å². The number of sulfonamides is 1. The molecule has 3 aromatic carbocycles. The van der Waals surface area contributed by atoms with Gasteiger partial charge in [0.25, 0.3) is 0 Å². The van der Waals surface area contributed by atoms with Gasteiger partial charge in [0, 0.05) is 6.07 Å². The number of carbonyl (C=O) groups excluding carboxylic acids is 1. The van der Waals surface area contributed by atoms with Crippen molar-refractivity contribution in [1.82, 2.24) is 4.72 Å². The van der Waals surface area contributed by atoms with E-state index in [0.717, 1.165) is 5.56 Å². The van der Waals surface area contributed by atoms with E-state index in [9.17, 15) is 22.4 Å². The number of halogens is 1. The molecule has 0 aliphatic rings. The summed E-state index contributed by atoms with van der Waals surface area (Å²) in [4.78, 5) is 25.6. The average molecular weight is 496 g/mol. The van der Waals surface area contributed by atoms with Crippen LogP contribution in [0.1, 0.15) is 18.2 Å². The van der Waals surface area contributed by atoms with Crippen molar-refractivity contribution in [1.29, 1.82) is 0 Å². The molecule has 0 spiro atoms. The second kappa shape index (κ2) is 9.44. The van der Waals surface area contributed by atoms with Gasteiger partial charge in [-0.05, 0) is 62.7 Å². The third-order valence-corrected chi connectivity index (χ3v) is 6.96. The summed E-state index contributed by atoms with van der Waals surface area (Å²) in [5.41, 5.74) is 1.61. The molecule has 1 N–H and O–H groups in total. The van der Waals surface area contributed by atoms with Crippen molar-refractivity contribution in [3.63, 3.8) is 0 Å². The highest BCUT2D eigenvalue weighted by Crippen LogP contribution is 2.27. The van der Waals surface area contributed by atoms with Crippen LogP contribution in [0.25, 0.3) is 22.1 Å². The molecule has 0 saturated carbocycles. The minimum atomic E-state index is -3.93. The zero-order chi connectivity index (χ0) is 25.3. The van der Waals surface area contributed by atoms with Gasteiger partial charge in [0.2, 0.25) is 15.5 Å². The first-order valence-corrected chi connectivity index (χ1v) is 12.2. The number of hydrogen-bond acceptors (Lipinski definition) is 6. The number of aryl methyl sites for hydroxylation is 2. The molecule has 1 heterocycles. The molecule has 0 aliphatic carbocycles. The number of rotatable bonds is 6. The lowest BCUT2D eigenvalue weighted by Crippen LogP contribution is -2.40. The SMILES string of the molecule is Cc1ccc(S(=O)(=O)N[C@@H](C)C(=O)Oc2ccc3c(=O)c(-c4ccc(F)cc4)c(C)oc3c2)cc1. The Labute approximate surface area is 201 Å². The van der Waals surface area contributed by atoms with Crippen LogP contribution in [0.2, 0.25) is 0 Å². The van der Waals surface area contributed by atoms with E-state index in [-0.39, 0.29) is 27.0 Å². The third kappa shape index (κ3) is 5.16. The first kappa shape index (κ1) is 24.3. The smallest absolute Gasteiger partial charge is 0.329 e. The molecular formula is C26H22FNO6S. The Balaban J connectivity index is 1.56. The second-order valence-corrected chi connectivity index (χ2v) is 9.82. The molecule has 4 aromatic rings. The molecule has 0 aliphatic heterocycles. The monoisotopic (exact) mass is 495 g/mol. The van der Waals surface area contributed by atoms with Crippen LogP contribution in [0.15, 0.2) is 80.8 Å². The second-order valence-electron chi connectivity index (χ2n) is 8.10. The van der Waals surface area contributed by atoms with Crippen LogP contribution >= 0.6 is 0 Å². The lowest BCUT2D eigenvalue weighted by molar-refractivity contribution is -0.135. The number of carbonyl (C=O) groups is 1. The predicted octanol–water partition coefficient (Wildman–Crippen LogP) is 4.49. The van der Waals surface area contributed by atoms with Crippen LogP contribution < -0.4 is 14.9 Å². The normalized spacial score (nSPS) is 12.5. The molecule has 4 rings (SSSR count). The van der Waals surface area contributed by atoms with Gasteiger partial charge in [-0.2, -0.15) is 4.72 Å². The molecule has 9 heteroatoms. The summed E-state index contributed by atoms with van der Waals surface area (Å²) in [6, 6.07) is 14.8. The lowest BCUT2D eigenvalue weighted by atomic mass is 10.0. The van der Waals surface area contributed by atoms with Gasteiger partial charge >= 0.3 is 5.97 Å². The van der Waals surface area contributed by atoms with Gasteiger partial charge in [-0.3, -0.25) is 4.79 Å². The topological polar surface area (TPSA) is 103 Å². The summed E-state index contributed by atoms with van der Waals surface area (Å²) >= 11 is 0. The summed E-state index contributed by atoms with van der Waals surface area (Å²) < 4.78 is 51.8. The number of benzene rings is 3. The first-order valence-electron chi connectivity index (χ1n) is 10.7. The van der Waals surface area contributed by atoms with Gasteiger partial charge in [-0.1, -0.05) is 29.8 Å². The Hall–Kier alpha value is -3.82. The quantitative estimate of drug-likeness (QED) is 0.312. The molecule has 0 radical (unpaired) electrons. The van der Waals surface area contributed by atoms with Crippen LogP contribution in [-0.4, -0.2) is 20.4 Å². The van der Waals surface area contributed by atoms with Crippen molar-refractivity contribution in [2.45, 2.75) is 31.7 Å². The van der Waals surface area contributed by atoms with E-state index in [4.69, 9.17) is 9.15 Å². The van der Waals surface area contributed by atoms with Crippen molar-refractivity contribution in [2.24, 2.45) is 0 Å². The van der Waals surface area contributed by atoms with Crippen molar-refractivity contribution < 1.29 is 26.8 Å². The van der Waals surface area contributed by atoms with Gasteiger partial charge in [0.1, 0.15) is 29.0 Å². The number of nitrogens with one attached hydrogen (secondary N) is 1. The minimum Gasteiger partial charge on any atom is -0.460 e. The number of ether oxygens (including phenoxy) is 1. The van der Waals surface area contributed by atoms with Crippen molar-refractivity contribution in [2.75, 3.05) is 0 Å². The van der Waals surface area contributed by atoms with E-state index in [1.807, 2.05) is 6.92 Å². The van der Waals surface area contributed by atoms with Crippen LogP contribution in [0.3, 0.4) is 0 Å². The molecule has 1 aromatic heterocycles. The highest BCUT2D eigenvalue weighted by Gasteiger charge is 2.24.